The molecule has 1 N–H and O–H groups in total. The topological polar surface area (TPSA) is 12.0 Å². The average Bonchev–Trinajstić information content (AvgIpc) is 2.72. The summed E-state index contributed by atoms with van der Waals surface area (Å²) in [6, 6.07) is 7.59. The Morgan fingerprint density at radius 1 is 1.35 bits per heavy atom. The average molecular weight is 247 g/mol. The maximum atomic E-state index is 3.66. The first-order valence-corrected chi connectivity index (χ1v) is 7.71. The Bertz CT molecular complexity index is 396. The van der Waals surface area contributed by atoms with E-state index in [9.17, 15) is 0 Å². The molecule has 3 rings (SSSR count). The van der Waals surface area contributed by atoms with Crippen LogP contribution in [0.3, 0.4) is 0 Å². The molecule has 1 aromatic rings. The van der Waals surface area contributed by atoms with Crippen molar-refractivity contribution in [1.82, 2.24) is 5.32 Å². The number of thioether (sulfide) groups is 1. The van der Waals surface area contributed by atoms with E-state index in [0.29, 0.717) is 0 Å². The minimum atomic E-state index is 0.719. The minimum absolute atomic E-state index is 0.719. The summed E-state index contributed by atoms with van der Waals surface area (Å²) in [5.41, 5.74) is 3.23. The molecular weight excluding hydrogens is 226 g/mol. The molecular formula is C15H21NS. The van der Waals surface area contributed by atoms with Crippen molar-refractivity contribution >= 4 is 11.8 Å². The largest absolute Gasteiger partial charge is 0.314 e. The van der Waals surface area contributed by atoms with Crippen molar-refractivity contribution in [3.63, 3.8) is 0 Å². The summed E-state index contributed by atoms with van der Waals surface area (Å²) in [7, 11) is 0. The highest BCUT2D eigenvalue weighted by molar-refractivity contribution is 8.00. The number of hydrogen-bond donors (Lipinski definition) is 1. The highest BCUT2D eigenvalue weighted by Crippen LogP contribution is 2.38. The Morgan fingerprint density at radius 3 is 3.12 bits per heavy atom. The second kappa shape index (κ2) is 5.03. The van der Waals surface area contributed by atoms with Crippen molar-refractivity contribution in [1.29, 1.82) is 0 Å². The molecule has 2 unspecified atom stereocenters. The van der Waals surface area contributed by atoms with Crippen LogP contribution in [0.5, 0.6) is 0 Å². The van der Waals surface area contributed by atoms with Crippen molar-refractivity contribution < 1.29 is 0 Å². The second-order valence-corrected chi connectivity index (χ2v) is 6.86. The second-order valence-electron chi connectivity index (χ2n) is 5.38. The van der Waals surface area contributed by atoms with E-state index in [1.807, 2.05) is 11.8 Å². The first-order valence-electron chi connectivity index (χ1n) is 6.84. The highest BCUT2D eigenvalue weighted by atomic mass is 32.2. The fourth-order valence-corrected chi connectivity index (χ4v) is 4.25. The molecule has 2 aliphatic rings. The molecule has 0 saturated carbocycles. The summed E-state index contributed by atoms with van der Waals surface area (Å²) < 4.78 is 0. The van der Waals surface area contributed by atoms with Crippen molar-refractivity contribution in [3.05, 3.63) is 29.3 Å². The number of hydrogen-bond acceptors (Lipinski definition) is 2. The van der Waals surface area contributed by atoms with Gasteiger partial charge in [-0.15, -0.1) is 11.8 Å². The third-order valence-corrected chi connectivity index (χ3v) is 5.13. The molecule has 2 heterocycles. The van der Waals surface area contributed by atoms with Crippen molar-refractivity contribution in [2.45, 2.75) is 55.2 Å². The molecule has 0 aliphatic carbocycles. The van der Waals surface area contributed by atoms with Gasteiger partial charge >= 0.3 is 0 Å². The first kappa shape index (κ1) is 11.6. The van der Waals surface area contributed by atoms with Crippen LogP contribution >= 0.6 is 11.8 Å². The SMILES string of the molecule is CC1Cc2c(CC3CCCCN3)cccc2S1. The van der Waals surface area contributed by atoms with Gasteiger partial charge in [0.2, 0.25) is 0 Å². The molecule has 2 aliphatic heterocycles. The van der Waals surface area contributed by atoms with Crippen molar-refractivity contribution in [2.75, 3.05) is 6.54 Å². The summed E-state index contributed by atoms with van der Waals surface area (Å²) in [5.74, 6) is 0. The molecule has 1 aromatic carbocycles. The maximum Gasteiger partial charge on any atom is 0.0110 e. The summed E-state index contributed by atoms with van der Waals surface area (Å²) in [4.78, 5) is 1.53. The van der Waals surface area contributed by atoms with Crippen LogP contribution in [-0.2, 0) is 12.8 Å². The predicted octanol–water partition coefficient (Wildman–Crippen LogP) is 3.41. The molecule has 2 heteroatoms. The lowest BCUT2D eigenvalue weighted by Gasteiger charge is -2.24. The highest BCUT2D eigenvalue weighted by Gasteiger charge is 2.22. The van der Waals surface area contributed by atoms with E-state index >= 15 is 0 Å². The van der Waals surface area contributed by atoms with Crippen LogP contribution in [0.4, 0.5) is 0 Å². The van der Waals surface area contributed by atoms with E-state index in [4.69, 9.17) is 0 Å². The molecule has 0 bridgehead atoms. The zero-order chi connectivity index (χ0) is 11.7. The fourth-order valence-electron chi connectivity index (χ4n) is 3.05. The van der Waals surface area contributed by atoms with Gasteiger partial charge in [0.25, 0.3) is 0 Å². The maximum absolute atomic E-state index is 3.66. The van der Waals surface area contributed by atoms with Gasteiger partial charge in [0.05, 0.1) is 0 Å². The van der Waals surface area contributed by atoms with Gasteiger partial charge < -0.3 is 5.32 Å². The molecule has 1 saturated heterocycles. The van der Waals surface area contributed by atoms with E-state index in [1.165, 1.54) is 43.5 Å². The lowest BCUT2D eigenvalue weighted by Crippen LogP contribution is -2.35. The van der Waals surface area contributed by atoms with E-state index in [0.717, 1.165) is 11.3 Å². The van der Waals surface area contributed by atoms with Crippen LogP contribution in [0.2, 0.25) is 0 Å². The summed E-state index contributed by atoms with van der Waals surface area (Å²) in [5, 5.41) is 4.43. The number of piperidine rings is 1. The van der Waals surface area contributed by atoms with Gasteiger partial charge in [0.1, 0.15) is 0 Å². The van der Waals surface area contributed by atoms with Crippen molar-refractivity contribution in [2.24, 2.45) is 0 Å². The van der Waals surface area contributed by atoms with Gasteiger partial charge in [0, 0.05) is 16.2 Å². The first-order chi connectivity index (χ1) is 8.33. The van der Waals surface area contributed by atoms with Crippen LogP contribution in [-0.4, -0.2) is 17.8 Å². The Labute approximate surface area is 108 Å². The minimum Gasteiger partial charge on any atom is -0.314 e. The lowest BCUT2D eigenvalue weighted by atomic mass is 9.93. The predicted molar refractivity (Wildman–Crippen MR) is 74.8 cm³/mol. The van der Waals surface area contributed by atoms with Gasteiger partial charge in [-0.25, -0.2) is 0 Å². The number of fused-ring (bicyclic) bond motifs is 1. The summed E-state index contributed by atoms with van der Waals surface area (Å²) >= 11 is 2.05. The van der Waals surface area contributed by atoms with Gasteiger partial charge in [-0.1, -0.05) is 25.5 Å². The Morgan fingerprint density at radius 2 is 2.29 bits per heavy atom. The van der Waals surface area contributed by atoms with Crippen LogP contribution in [0.25, 0.3) is 0 Å². The zero-order valence-electron chi connectivity index (χ0n) is 10.5. The number of benzene rings is 1. The van der Waals surface area contributed by atoms with Crippen LogP contribution in [0.15, 0.2) is 23.1 Å². The summed E-state index contributed by atoms with van der Waals surface area (Å²) in [6.07, 6.45) is 6.61. The Hall–Kier alpha value is -0.470. The molecule has 1 fully saturated rings. The molecule has 0 aromatic heterocycles. The number of rotatable bonds is 2. The monoisotopic (exact) mass is 247 g/mol. The normalized spacial score (nSPS) is 28.1. The molecule has 0 amide bonds. The third kappa shape index (κ3) is 2.53. The molecule has 92 valence electrons. The fraction of sp³-hybridized carbons (Fsp3) is 0.600. The van der Waals surface area contributed by atoms with Gasteiger partial charge in [-0.3, -0.25) is 0 Å². The Kier molecular flexibility index (Phi) is 3.44. The molecule has 0 spiro atoms. The molecule has 1 nitrogen and oxygen atoms in total. The third-order valence-electron chi connectivity index (χ3n) is 3.93. The van der Waals surface area contributed by atoms with Crippen LogP contribution < -0.4 is 5.32 Å². The number of nitrogens with one attached hydrogen (secondary N) is 1. The molecule has 17 heavy (non-hydrogen) atoms. The van der Waals surface area contributed by atoms with Crippen LogP contribution in [0.1, 0.15) is 37.3 Å². The zero-order valence-corrected chi connectivity index (χ0v) is 11.4. The lowest BCUT2D eigenvalue weighted by molar-refractivity contribution is 0.398. The van der Waals surface area contributed by atoms with Gasteiger partial charge in [-0.05, 0) is 49.4 Å². The van der Waals surface area contributed by atoms with E-state index < -0.39 is 0 Å². The van der Waals surface area contributed by atoms with Crippen LogP contribution in [0, 0.1) is 0 Å². The van der Waals surface area contributed by atoms with E-state index in [2.05, 4.69) is 30.4 Å². The standard InChI is InChI=1S/C15H21NS/c1-11-9-14-12(5-4-7-15(14)17-11)10-13-6-2-3-8-16-13/h4-5,7,11,13,16H,2-3,6,8-10H2,1H3. The van der Waals surface area contributed by atoms with E-state index in [-0.39, 0.29) is 0 Å². The quantitative estimate of drug-likeness (QED) is 0.859. The van der Waals surface area contributed by atoms with Gasteiger partial charge in [0.15, 0.2) is 0 Å². The van der Waals surface area contributed by atoms with E-state index in [1.54, 1.807) is 11.1 Å². The smallest absolute Gasteiger partial charge is 0.0110 e. The van der Waals surface area contributed by atoms with Crippen molar-refractivity contribution in [3.8, 4) is 0 Å². The molecule has 0 radical (unpaired) electrons. The summed E-state index contributed by atoms with van der Waals surface area (Å²) in [6.45, 7) is 3.55. The Balaban J connectivity index is 1.77. The van der Waals surface area contributed by atoms with Gasteiger partial charge in [-0.2, -0.15) is 0 Å². The molecule has 2 atom stereocenters.